The van der Waals surface area contributed by atoms with Crippen LogP contribution in [0.3, 0.4) is 0 Å². The molecule has 1 aromatic heterocycles. The van der Waals surface area contributed by atoms with Gasteiger partial charge in [0.05, 0.1) is 12.2 Å². The van der Waals surface area contributed by atoms with E-state index in [1.54, 1.807) is 13.1 Å². The summed E-state index contributed by atoms with van der Waals surface area (Å²) in [5.74, 6) is 0.389. The van der Waals surface area contributed by atoms with Gasteiger partial charge in [-0.05, 0) is 13.8 Å². The van der Waals surface area contributed by atoms with Crippen molar-refractivity contribution in [1.82, 2.24) is 10.2 Å². The standard InChI is InChI=1S/C7H12N4O/c1-4-3-9-11-6(4)10-7(12)5(2)8/h3,5H,8H2,1-2H3,(H2,9,10,11,12). The predicted molar refractivity (Wildman–Crippen MR) is 45.6 cm³/mol. The van der Waals surface area contributed by atoms with Gasteiger partial charge < -0.3 is 11.1 Å². The summed E-state index contributed by atoms with van der Waals surface area (Å²) in [6.45, 7) is 3.47. The first-order valence-corrected chi connectivity index (χ1v) is 3.67. The number of hydrogen-bond donors (Lipinski definition) is 3. The van der Waals surface area contributed by atoms with Crippen LogP contribution in [0.25, 0.3) is 0 Å². The molecule has 5 nitrogen and oxygen atoms in total. The predicted octanol–water partition coefficient (Wildman–Crippen LogP) is 0.00382. The minimum Gasteiger partial charge on any atom is -0.320 e. The number of H-pyrrole nitrogens is 1. The Labute approximate surface area is 70.3 Å². The zero-order valence-corrected chi connectivity index (χ0v) is 7.09. The Morgan fingerprint density at radius 2 is 2.50 bits per heavy atom. The van der Waals surface area contributed by atoms with Gasteiger partial charge in [0, 0.05) is 5.56 Å². The molecule has 0 aliphatic carbocycles. The number of aryl methyl sites for hydroxylation is 1. The molecule has 4 N–H and O–H groups in total. The Hall–Kier alpha value is -1.36. The third-order valence-electron chi connectivity index (χ3n) is 1.49. The maximum absolute atomic E-state index is 11.1. The number of carbonyl (C=O) groups is 1. The minimum absolute atomic E-state index is 0.220. The number of nitrogens with one attached hydrogen (secondary N) is 2. The zero-order chi connectivity index (χ0) is 9.14. The average Bonchev–Trinajstić information content (AvgIpc) is 2.36. The number of hydrogen-bond acceptors (Lipinski definition) is 3. The van der Waals surface area contributed by atoms with Crippen LogP contribution in [0.15, 0.2) is 6.20 Å². The van der Waals surface area contributed by atoms with Crippen LogP contribution in [0.2, 0.25) is 0 Å². The summed E-state index contributed by atoms with van der Waals surface area (Å²) in [4.78, 5) is 11.1. The molecule has 1 rings (SSSR count). The largest absolute Gasteiger partial charge is 0.320 e. The van der Waals surface area contributed by atoms with Gasteiger partial charge in [-0.2, -0.15) is 5.10 Å². The van der Waals surface area contributed by atoms with Gasteiger partial charge in [-0.15, -0.1) is 0 Å². The molecular weight excluding hydrogens is 156 g/mol. The van der Waals surface area contributed by atoms with Crippen LogP contribution in [-0.2, 0) is 4.79 Å². The molecule has 0 bridgehead atoms. The summed E-state index contributed by atoms with van der Waals surface area (Å²) < 4.78 is 0. The fourth-order valence-electron chi connectivity index (χ4n) is 0.710. The molecule has 0 saturated carbocycles. The summed E-state index contributed by atoms with van der Waals surface area (Å²) in [7, 11) is 0. The molecule has 0 radical (unpaired) electrons. The first-order chi connectivity index (χ1) is 5.61. The molecule has 66 valence electrons. The second-order valence-electron chi connectivity index (χ2n) is 2.71. The molecule has 5 heteroatoms. The molecule has 1 heterocycles. The van der Waals surface area contributed by atoms with Crippen LogP contribution < -0.4 is 11.1 Å². The second-order valence-corrected chi connectivity index (χ2v) is 2.71. The molecule has 0 aromatic carbocycles. The topological polar surface area (TPSA) is 83.8 Å². The molecule has 0 saturated heterocycles. The van der Waals surface area contributed by atoms with Crippen molar-refractivity contribution in [2.24, 2.45) is 5.73 Å². The van der Waals surface area contributed by atoms with Crippen LogP contribution >= 0.6 is 0 Å². The smallest absolute Gasteiger partial charge is 0.242 e. The van der Waals surface area contributed by atoms with Gasteiger partial charge >= 0.3 is 0 Å². The third kappa shape index (κ3) is 1.82. The van der Waals surface area contributed by atoms with E-state index < -0.39 is 6.04 Å². The Morgan fingerprint density at radius 3 is 2.92 bits per heavy atom. The maximum atomic E-state index is 11.1. The molecule has 0 aliphatic heterocycles. The third-order valence-corrected chi connectivity index (χ3v) is 1.49. The molecule has 1 atom stereocenters. The van der Waals surface area contributed by atoms with Crippen molar-refractivity contribution in [3.8, 4) is 0 Å². The number of nitrogens with two attached hydrogens (primary N) is 1. The first kappa shape index (κ1) is 8.73. The van der Waals surface area contributed by atoms with Crippen molar-refractivity contribution in [3.63, 3.8) is 0 Å². The fourth-order valence-corrected chi connectivity index (χ4v) is 0.710. The van der Waals surface area contributed by atoms with Crippen molar-refractivity contribution in [1.29, 1.82) is 0 Å². The molecule has 1 aromatic rings. The molecule has 12 heavy (non-hydrogen) atoms. The number of rotatable bonds is 2. The van der Waals surface area contributed by atoms with E-state index in [0.29, 0.717) is 5.82 Å². The Bertz CT molecular complexity index is 279. The summed E-state index contributed by atoms with van der Waals surface area (Å²) in [6.07, 6.45) is 1.64. The van der Waals surface area contributed by atoms with Crippen molar-refractivity contribution < 1.29 is 4.79 Å². The van der Waals surface area contributed by atoms with E-state index in [9.17, 15) is 4.79 Å². The van der Waals surface area contributed by atoms with E-state index in [1.165, 1.54) is 0 Å². The van der Waals surface area contributed by atoms with Crippen LogP contribution in [0.5, 0.6) is 0 Å². The van der Waals surface area contributed by atoms with E-state index in [-0.39, 0.29) is 5.91 Å². The van der Waals surface area contributed by atoms with Gasteiger partial charge in [-0.3, -0.25) is 9.89 Å². The number of amides is 1. The highest BCUT2D eigenvalue weighted by molar-refractivity contribution is 5.93. The Balaban J connectivity index is 2.64. The van der Waals surface area contributed by atoms with E-state index in [4.69, 9.17) is 5.73 Å². The number of nitrogens with zero attached hydrogens (tertiary/aromatic N) is 1. The van der Waals surface area contributed by atoms with Gasteiger partial charge in [0.15, 0.2) is 0 Å². The fraction of sp³-hybridized carbons (Fsp3) is 0.429. The number of anilines is 1. The van der Waals surface area contributed by atoms with Crippen LogP contribution in [-0.4, -0.2) is 22.1 Å². The van der Waals surface area contributed by atoms with E-state index in [2.05, 4.69) is 15.5 Å². The van der Waals surface area contributed by atoms with Crippen LogP contribution in [0.4, 0.5) is 5.82 Å². The monoisotopic (exact) mass is 168 g/mol. The number of aromatic amines is 1. The Kier molecular flexibility index (Phi) is 2.44. The normalized spacial score (nSPS) is 12.6. The molecule has 1 amide bonds. The van der Waals surface area contributed by atoms with Crippen molar-refractivity contribution in [2.45, 2.75) is 19.9 Å². The molecular formula is C7H12N4O. The highest BCUT2D eigenvalue weighted by Gasteiger charge is 2.09. The average molecular weight is 168 g/mol. The SMILES string of the molecule is Cc1cn[nH]c1NC(=O)C(C)N. The number of aromatic nitrogens is 2. The van der Waals surface area contributed by atoms with Crippen molar-refractivity contribution >= 4 is 11.7 Å². The lowest BCUT2D eigenvalue weighted by Gasteiger charge is -2.05. The van der Waals surface area contributed by atoms with Gasteiger partial charge in [0.2, 0.25) is 5.91 Å². The van der Waals surface area contributed by atoms with E-state index in [1.807, 2.05) is 6.92 Å². The van der Waals surface area contributed by atoms with Gasteiger partial charge in [-0.1, -0.05) is 0 Å². The summed E-state index contributed by atoms with van der Waals surface area (Å²) >= 11 is 0. The molecule has 0 fully saturated rings. The summed E-state index contributed by atoms with van der Waals surface area (Å²) in [5, 5.41) is 9.01. The van der Waals surface area contributed by atoms with Gasteiger partial charge in [-0.25, -0.2) is 0 Å². The summed E-state index contributed by atoms with van der Waals surface area (Å²) in [5.41, 5.74) is 6.25. The lowest BCUT2D eigenvalue weighted by Crippen LogP contribution is -2.32. The van der Waals surface area contributed by atoms with Crippen molar-refractivity contribution in [3.05, 3.63) is 11.8 Å². The molecule has 0 spiro atoms. The zero-order valence-electron chi connectivity index (χ0n) is 7.09. The highest BCUT2D eigenvalue weighted by Crippen LogP contribution is 2.07. The van der Waals surface area contributed by atoms with Crippen LogP contribution in [0.1, 0.15) is 12.5 Å². The van der Waals surface area contributed by atoms with E-state index >= 15 is 0 Å². The van der Waals surface area contributed by atoms with Crippen LogP contribution in [0, 0.1) is 6.92 Å². The first-order valence-electron chi connectivity index (χ1n) is 3.67. The Morgan fingerprint density at radius 1 is 1.83 bits per heavy atom. The number of carbonyl (C=O) groups excluding carboxylic acids is 1. The van der Waals surface area contributed by atoms with E-state index in [0.717, 1.165) is 5.56 Å². The lowest BCUT2D eigenvalue weighted by atomic mass is 10.3. The highest BCUT2D eigenvalue weighted by atomic mass is 16.2. The minimum atomic E-state index is -0.507. The van der Waals surface area contributed by atoms with Gasteiger partial charge in [0.25, 0.3) is 0 Å². The van der Waals surface area contributed by atoms with Gasteiger partial charge in [0.1, 0.15) is 5.82 Å². The maximum Gasteiger partial charge on any atom is 0.242 e. The summed E-state index contributed by atoms with van der Waals surface area (Å²) in [6, 6.07) is -0.507. The quantitative estimate of drug-likeness (QED) is 0.581. The molecule has 1 unspecified atom stereocenters. The lowest BCUT2D eigenvalue weighted by molar-refractivity contribution is -0.117. The van der Waals surface area contributed by atoms with Crippen molar-refractivity contribution in [2.75, 3.05) is 5.32 Å². The molecule has 0 aliphatic rings. The second kappa shape index (κ2) is 3.36.